The van der Waals surface area contributed by atoms with Crippen molar-refractivity contribution in [3.63, 3.8) is 0 Å². The second-order valence-corrected chi connectivity index (χ2v) is 5.20. The van der Waals surface area contributed by atoms with Gasteiger partial charge < -0.3 is 4.74 Å². The molecule has 1 aliphatic heterocycles. The van der Waals surface area contributed by atoms with Crippen LogP contribution in [0.15, 0.2) is 39.8 Å². The molecule has 1 aliphatic carbocycles. The van der Waals surface area contributed by atoms with Crippen molar-refractivity contribution in [1.29, 1.82) is 0 Å². The van der Waals surface area contributed by atoms with Crippen LogP contribution in [0.2, 0.25) is 0 Å². The van der Waals surface area contributed by atoms with E-state index in [-0.39, 0.29) is 5.97 Å². The minimum Gasteiger partial charge on any atom is -0.423 e. The Hall–Kier alpha value is -1.42. The molecule has 92 valence electrons. The molecule has 4 heteroatoms. The molecule has 0 radical (unpaired) electrons. The Bertz CT molecular complexity index is 575. The Morgan fingerprint density at radius 1 is 1.28 bits per heavy atom. The summed E-state index contributed by atoms with van der Waals surface area (Å²) in [5.74, 6) is 0.527. The SMILES string of the molecule is O=C1O/C(=C/c2cccnc2Br)C2=C1CCCC2. The highest BCUT2D eigenvalue weighted by molar-refractivity contribution is 9.10. The van der Waals surface area contributed by atoms with E-state index >= 15 is 0 Å². The lowest BCUT2D eigenvalue weighted by Crippen LogP contribution is -2.01. The molecule has 0 aromatic carbocycles. The average molecular weight is 306 g/mol. The van der Waals surface area contributed by atoms with E-state index in [0.717, 1.165) is 47.0 Å². The van der Waals surface area contributed by atoms with E-state index < -0.39 is 0 Å². The first-order chi connectivity index (χ1) is 8.75. The molecule has 0 saturated heterocycles. The number of pyridine rings is 1. The van der Waals surface area contributed by atoms with Crippen molar-refractivity contribution < 1.29 is 9.53 Å². The minimum atomic E-state index is -0.170. The topological polar surface area (TPSA) is 39.2 Å². The van der Waals surface area contributed by atoms with E-state index in [1.54, 1.807) is 6.20 Å². The quantitative estimate of drug-likeness (QED) is 0.588. The fourth-order valence-corrected chi connectivity index (χ4v) is 2.75. The van der Waals surface area contributed by atoms with E-state index in [4.69, 9.17) is 4.74 Å². The first kappa shape index (κ1) is 11.7. The monoisotopic (exact) mass is 305 g/mol. The van der Waals surface area contributed by atoms with Gasteiger partial charge in [0.05, 0.1) is 0 Å². The van der Waals surface area contributed by atoms with Gasteiger partial charge in [0, 0.05) is 22.9 Å². The van der Waals surface area contributed by atoms with Crippen LogP contribution < -0.4 is 0 Å². The number of esters is 1. The highest BCUT2D eigenvalue weighted by atomic mass is 79.9. The minimum absolute atomic E-state index is 0.170. The van der Waals surface area contributed by atoms with Crippen molar-refractivity contribution in [2.24, 2.45) is 0 Å². The van der Waals surface area contributed by atoms with Crippen molar-refractivity contribution in [1.82, 2.24) is 4.98 Å². The summed E-state index contributed by atoms with van der Waals surface area (Å²) in [4.78, 5) is 15.9. The van der Waals surface area contributed by atoms with Crippen molar-refractivity contribution in [3.05, 3.63) is 45.4 Å². The molecule has 18 heavy (non-hydrogen) atoms. The Kier molecular flexibility index (Phi) is 3.04. The van der Waals surface area contributed by atoms with Gasteiger partial charge in [0.1, 0.15) is 10.4 Å². The van der Waals surface area contributed by atoms with Crippen molar-refractivity contribution in [2.75, 3.05) is 0 Å². The Balaban J connectivity index is 2.01. The van der Waals surface area contributed by atoms with E-state index in [2.05, 4.69) is 20.9 Å². The summed E-state index contributed by atoms with van der Waals surface area (Å²) < 4.78 is 6.13. The molecule has 0 bridgehead atoms. The van der Waals surface area contributed by atoms with Crippen LogP contribution in [0, 0.1) is 0 Å². The molecule has 0 N–H and O–H groups in total. The maximum Gasteiger partial charge on any atom is 0.339 e. The number of cyclic esters (lactones) is 1. The third-order valence-electron chi connectivity index (χ3n) is 3.29. The summed E-state index contributed by atoms with van der Waals surface area (Å²) in [7, 11) is 0. The Morgan fingerprint density at radius 3 is 2.83 bits per heavy atom. The van der Waals surface area contributed by atoms with Gasteiger partial charge in [0.25, 0.3) is 0 Å². The second kappa shape index (κ2) is 4.69. The van der Waals surface area contributed by atoms with Gasteiger partial charge in [-0.2, -0.15) is 0 Å². The van der Waals surface area contributed by atoms with E-state index in [1.807, 2.05) is 18.2 Å². The van der Waals surface area contributed by atoms with Crippen LogP contribution >= 0.6 is 15.9 Å². The number of hydrogen-bond acceptors (Lipinski definition) is 3. The molecule has 1 aromatic heterocycles. The molecule has 3 nitrogen and oxygen atoms in total. The fraction of sp³-hybridized carbons (Fsp3) is 0.286. The fourth-order valence-electron chi connectivity index (χ4n) is 2.39. The maximum absolute atomic E-state index is 11.7. The molecule has 0 spiro atoms. The summed E-state index contributed by atoms with van der Waals surface area (Å²) in [6, 6.07) is 3.81. The highest BCUT2D eigenvalue weighted by Crippen LogP contribution is 2.38. The average Bonchev–Trinajstić information content (AvgIpc) is 2.70. The molecule has 0 saturated carbocycles. The van der Waals surface area contributed by atoms with Gasteiger partial charge >= 0.3 is 5.97 Å². The number of rotatable bonds is 1. The summed E-state index contributed by atoms with van der Waals surface area (Å²) in [6.45, 7) is 0. The number of carbonyl (C=O) groups is 1. The molecule has 1 aromatic rings. The van der Waals surface area contributed by atoms with Crippen LogP contribution in [0.1, 0.15) is 31.2 Å². The molecule has 0 unspecified atom stereocenters. The van der Waals surface area contributed by atoms with Gasteiger partial charge in [-0.05, 0) is 53.8 Å². The first-order valence-electron chi connectivity index (χ1n) is 6.02. The first-order valence-corrected chi connectivity index (χ1v) is 6.82. The van der Waals surface area contributed by atoms with Gasteiger partial charge in [-0.15, -0.1) is 0 Å². The molecule has 2 heterocycles. The summed E-state index contributed by atoms with van der Waals surface area (Å²) in [5.41, 5.74) is 2.88. The smallest absolute Gasteiger partial charge is 0.339 e. The van der Waals surface area contributed by atoms with Crippen LogP contribution in [0.5, 0.6) is 0 Å². The zero-order valence-corrected chi connectivity index (χ0v) is 11.4. The summed E-state index contributed by atoms with van der Waals surface area (Å²) in [6.07, 6.45) is 7.60. The van der Waals surface area contributed by atoms with E-state index in [0.29, 0.717) is 5.76 Å². The van der Waals surface area contributed by atoms with Crippen LogP contribution in [-0.2, 0) is 9.53 Å². The Labute approximate surface area is 114 Å². The molecular formula is C14H12BrNO2. The maximum atomic E-state index is 11.7. The van der Waals surface area contributed by atoms with Gasteiger partial charge in [-0.1, -0.05) is 6.07 Å². The van der Waals surface area contributed by atoms with E-state index in [1.165, 1.54) is 0 Å². The van der Waals surface area contributed by atoms with E-state index in [9.17, 15) is 4.79 Å². The van der Waals surface area contributed by atoms with Gasteiger partial charge in [0.2, 0.25) is 0 Å². The number of halogens is 1. The summed E-state index contributed by atoms with van der Waals surface area (Å²) >= 11 is 3.39. The highest BCUT2D eigenvalue weighted by Gasteiger charge is 2.31. The second-order valence-electron chi connectivity index (χ2n) is 4.45. The zero-order valence-electron chi connectivity index (χ0n) is 9.78. The molecule has 3 rings (SSSR count). The third kappa shape index (κ3) is 2.01. The van der Waals surface area contributed by atoms with Gasteiger partial charge in [0.15, 0.2) is 0 Å². The zero-order chi connectivity index (χ0) is 12.5. The predicted molar refractivity (Wildman–Crippen MR) is 71.5 cm³/mol. The molecular weight excluding hydrogens is 294 g/mol. The number of carbonyl (C=O) groups excluding carboxylic acids is 1. The third-order valence-corrected chi connectivity index (χ3v) is 3.95. The molecule has 0 amide bonds. The van der Waals surface area contributed by atoms with Gasteiger partial charge in [-0.3, -0.25) is 0 Å². The van der Waals surface area contributed by atoms with Crippen LogP contribution in [-0.4, -0.2) is 11.0 Å². The lowest BCUT2D eigenvalue weighted by molar-refractivity contribution is -0.133. The van der Waals surface area contributed by atoms with Crippen LogP contribution in [0.4, 0.5) is 0 Å². The molecule has 0 fully saturated rings. The van der Waals surface area contributed by atoms with Crippen molar-refractivity contribution >= 4 is 28.0 Å². The molecule has 2 aliphatic rings. The largest absolute Gasteiger partial charge is 0.423 e. The van der Waals surface area contributed by atoms with Crippen LogP contribution in [0.25, 0.3) is 6.08 Å². The lowest BCUT2D eigenvalue weighted by Gasteiger charge is -2.10. The van der Waals surface area contributed by atoms with Crippen LogP contribution in [0.3, 0.4) is 0 Å². The number of allylic oxidation sites excluding steroid dienone is 1. The normalized spacial score (nSPS) is 21.2. The lowest BCUT2D eigenvalue weighted by atomic mass is 9.92. The number of nitrogens with zero attached hydrogens (tertiary/aromatic N) is 1. The Morgan fingerprint density at radius 2 is 2.06 bits per heavy atom. The number of ether oxygens (including phenoxy) is 1. The standard InChI is InChI=1S/C14H12BrNO2/c15-13-9(4-3-7-16-13)8-12-10-5-1-2-6-11(10)14(17)18-12/h3-4,7-8H,1-2,5-6H2/b12-8+. The number of hydrogen-bond donors (Lipinski definition) is 0. The molecule has 0 atom stereocenters. The number of aromatic nitrogens is 1. The van der Waals surface area contributed by atoms with Gasteiger partial charge in [-0.25, -0.2) is 9.78 Å². The van der Waals surface area contributed by atoms with Crippen molar-refractivity contribution in [3.8, 4) is 0 Å². The van der Waals surface area contributed by atoms with Crippen molar-refractivity contribution in [2.45, 2.75) is 25.7 Å². The summed E-state index contributed by atoms with van der Waals surface area (Å²) in [5, 5.41) is 0. The predicted octanol–water partition coefficient (Wildman–Crippen LogP) is 3.61.